The van der Waals surface area contributed by atoms with Crippen molar-refractivity contribution in [3.63, 3.8) is 0 Å². The highest BCUT2D eigenvalue weighted by molar-refractivity contribution is 7.10. The molecule has 3 amide bonds. The predicted molar refractivity (Wildman–Crippen MR) is 174 cm³/mol. The molecule has 2 aliphatic heterocycles. The number of ether oxygens (including phenoxy) is 1. The molecule has 0 bridgehead atoms. The molecule has 6 rings (SSSR count). The summed E-state index contributed by atoms with van der Waals surface area (Å²) < 4.78 is 11.3. The Bertz CT molecular complexity index is 1670. The SMILES string of the molecule is COc1ccc(C2C(C(=O)c3ccc(C)o3)C(c3sccc3C)C(C(=O)N3CCNCC3)N2C(=O)Nc2ccc(C)cc2)cc1. The van der Waals surface area contributed by atoms with Crippen molar-refractivity contribution >= 4 is 34.7 Å². The van der Waals surface area contributed by atoms with E-state index in [0.717, 1.165) is 21.6 Å². The quantitative estimate of drug-likeness (QED) is 0.246. The van der Waals surface area contributed by atoms with E-state index in [4.69, 9.17) is 9.15 Å². The summed E-state index contributed by atoms with van der Waals surface area (Å²) in [5, 5.41) is 8.34. The topological polar surface area (TPSA) is 104 Å². The van der Waals surface area contributed by atoms with Gasteiger partial charge in [-0.25, -0.2) is 4.79 Å². The number of carbonyl (C=O) groups excluding carboxylic acids is 3. The normalized spacial score (nSPS) is 21.5. The fourth-order valence-corrected chi connectivity index (χ4v) is 7.68. The van der Waals surface area contributed by atoms with Gasteiger partial charge in [-0.2, -0.15) is 0 Å². The minimum absolute atomic E-state index is 0.169. The molecule has 4 aromatic rings. The molecule has 4 unspecified atom stereocenters. The van der Waals surface area contributed by atoms with Crippen LogP contribution in [0.1, 0.15) is 49.8 Å². The molecule has 9 nitrogen and oxygen atoms in total. The van der Waals surface area contributed by atoms with E-state index >= 15 is 0 Å². The van der Waals surface area contributed by atoms with Crippen LogP contribution < -0.4 is 15.4 Å². The third-order valence-corrected chi connectivity index (χ3v) is 9.95. The number of nitrogens with one attached hydrogen (secondary N) is 2. The van der Waals surface area contributed by atoms with Crippen LogP contribution in [0, 0.1) is 26.7 Å². The van der Waals surface area contributed by atoms with E-state index in [-0.39, 0.29) is 17.5 Å². The maximum Gasteiger partial charge on any atom is 0.323 e. The van der Waals surface area contributed by atoms with E-state index in [2.05, 4.69) is 10.6 Å². The minimum atomic E-state index is -0.942. The molecular weight excluding hydrogens is 588 g/mol. The van der Waals surface area contributed by atoms with Crippen LogP contribution in [0.5, 0.6) is 5.75 Å². The Morgan fingerprint density at radius 1 is 0.933 bits per heavy atom. The number of carbonyl (C=O) groups is 3. The Balaban J connectivity index is 1.56. The van der Waals surface area contributed by atoms with E-state index in [9.17, 15) is 14.4 Å². The van der Waals surface area contributed by atoms with Crippen LogP contribution in [-0.4, -0.2) is 66.9 Å². The number of anilines is 1. The number of rotatable bonds is 7. The number of benzene rings is 2. The predicted octanol–water partition coefficient (Wildman–Crippen LogP) is 5.95. The van der Waals surface area contributed by atoms with Crippen LogP contribution in [0.2, 0.25) is 0 Å². The van der Waals surface area contributed by atoms with Gasteiger partial charge in [-0.3, -0.25) is 9.59 Å². The number of amides is 3. The lowest BCUT2D eigenvalue weighted by Gasteiger charge is -2.36. The summed E-state index contributed by atoms with van der Waals surface area (Å²) in [4.78, 5) is 48.4. The van der Waals surface area contributed by atoms with Crippen LogP contribution in [0.4, 0.5) is 10.5 Å². The summed E-state index contributed by atoms with van der Waals surface area (Å²) >= 11 is 1.51. The molecule has 2 aromatic heterocycles. The van der Waals surface area contributed by atoms with Gasteiger partial charge in [-0.05, 0) is 79.7 Å². The number of methoxy groups -OCH3 is 1. The summed E-state index contributed by atoms with van der Waals surface area (Å²) in [5.74, 6) is -0.352. The van der Waals surface area contributed by atoms with Crippen LogP contribution in [0.3, 0.4) is 0 Å². The Morgan fingerprint density at radius 2 is 1.64 bits per heavy atom. The first-order valence-corrected chi connectivity index (χ1v) is 16.1. The minimum Gasteiger partial charge on any atom is -0.497 e. The Morgan fingerprint density at radius 3 is 2.24 bits per heavy atom. The van der Waals surface area contributed by atoms with Gasteiger partial charge in [0.15, 0.2) is 5.76 Å². The molecule has 10 heteroatoms. The highest BCUT2D eigenvalue weighted by atomic mass is 32.1. The van der Waals surface area contributed by atoms with Crippen molar-refractivity contribution in [1.82, 2.24) is 15.1 Å². The molecule has 2 N–H and O–H groups in total. The first-order chi connectivity index (χ1) is 21.8. The maximum atomic E-state index is 14.7. The number of piperazine rings is 1. The van der Waals surface area contributed by atoms with Crippen molar-refractivity contribution in [2.24, 2.45) is 5.92 Å². The van der Waals surface area contributed by atoms with Gasteiger partial charge in [0.1, 0.15) is 17.6 Å². The first kappa shape index (κ1) is 30.6. The van der Waals surface area contributed by atoms with Crippen LogP contribution in [-0.2, 0) is 4.79 Å². The van der Waals surface area contributed by atoms with Gasteiger partial charge in [0.25, 0.3) is 0 Å². The smallest absolute Gasteiger partial charge is 0.323 e. The number of Topliss-reactive ketones (excluding diaryl/α,β-unsaturated/α-hetero) is 1. The number of nitrogens with zero attached hydrogens (tertiary/aromatic N) is 2. The maximum absolute atomic E-state index is 14.7. The molecule has 4 atom stereocenters. The zero-order chi connectivity index (χ0) is 31.7. The van der Waals surface area contributed by atoms with Gasteiger partial charge in [-0.15, -0.1) is 11.3 Å². The number of thiophene rings is 1. The second-order valence-corrected chi connectivity index (χ2v) is 12.7. The van der Waals surface area contributed by atoms with Crippen molar-refractivity contribution in [1.29, 1.82) is 0 Å². The lowest BCUT2D eigenvalue weighted by atomic mass is 9.79. The van der Waals surface area contributed by atoms with E-state index in [0.29, 0.717) is 43.4 Å². The molecule has 45 heavy (non-hydrogen) atoms. The average Bonchev–Trinajstić information content (AvgIpc) is 3.78. The molecule has 234 valence electrons. The third-order valence-electron chi connectivity index (χ3n) is 8.83. The molecule has 2 aliphatic rings. The van der Waals surface area contributed by atoms with Gasteiger partial charge in [0, 0.05) is 42.7 Å². The van der Waals surface area contributed by atoms with E-state index in [1.807, 2.05) is 78.7 Å². The second kappa shape index (κ2) is 12.9. The molecule has 0 radical (unpaired) electrons. The third kappa shape index (κ3) is 6.00. The Labute approximate surface area is 267 Å². The number of furan rings is 1. The fourth-order valence-electron chi connectivity index (χ4n) is 6.57. The van der Waals surface area contributed by atoms with E-state index in [1.54, 1.807) is 31.1 Å². The lowest BCUT2D eigenvalue weighted by molar-refractivity contribution is -0.136. The summed E-state index contributed by atoms with van der Waals surface area (Å²) in [5.41, 5.74) is 3.37. The van der Waals surface area contributed by atoms with Crippen molar-refractivity contribution in [2.75, 3.05) is 38.6 Å². The van der Waals surface area contributed by atoms with Crippen molar-refractivity contribution in [3.8, 4) is 5.75 Å². The van der Waals surface area contributed by atoms with Crippen molar-refractivity contribution in [2.45, 2.75) is 38.8 Å². The molecule has 2 fully saturated rings. The monoisotopic (exact) mass is 626 g/mol. The number of ketones is 1. The van der Waals surface area contributed by atoms with Crippen LogP contribution in [0.15, 0.2) is 76.5 Å². The second-order valence-electron chi connectivity index (χ2n) is 11.7. The highest BCUT2D eigenvalue weighted by Crippen LogP contribution is 2.53. The average molecular weight is 627 g/mol. The molecule has 2 aromatic carbocycles. The molecule has 0 aliphatic carbocycles. The molecule has 0 spiro atoms. The van der Waals surface area contributed by atoms with Gasteiger partial charge in [0.2, 0.25) is 11.7 Å². The highest BCUT2D eigenvalue weighted by Gasteiger charge is 2.59. The van der Waals surface area contributed by atoms with Gasteiger partial charge < -0.3 is 29.6 Å². The molecule has 4 heterocycles. The Kier molecular flexibility index (Phi) is 8.78. The van der Waals surface area contributed by atoms with Crippen molar-refractivity contribution in [3.05, 3.63) is 105 Å². The largest absolute Gasteiger partial charge is 0.497 e. The Hall–Kier alpha value is -4.41. The summed E-state index contributed by atoms with van der Waals surface area (Å²) in [6, 6.07) is 18.2. The van der Waals surface area contributed by atoms with E-state index in [1.165, 1.54) is 11.3 Å². The summed E-state index contributed by atoms with van der Waals surface area (Å²) in [6.07, 6.45) is 0. The van der Waals surface area contributed by atoms with Gasteiger partial charge in [0.05, 0.1) is 19.1 Å². The van der Waals surface area contributed by atoms with Gasteiger partial charge >= 0.3 is 6.03 Å². The molecule has 0 saturated carbocycles. The molecular formula is C35H38N4O5S. The van der Waals surface area contributed by atoms with Gasteiger partial charge in [-0.1, -0.05) is 29.8 Å². The summed E-state index contributed by atoms with van der Waals surface area (Å²) in [7, 11) is 1.59. The number of hydrogen-bond donors (Lipinski definition) is 2. The van der Waals surface area contributed by atoms with Crippen LogP contribution in [0.25, 0.3) is 0 Å². The number of likely N-dealkylation sites (tertiary alicyclic amines) is 1. The number of aryl methyl sites for hydroxylation is 3. The number of hydrogen-bond acceptors (Lipinski definition) is 7. The first-order valence-electron chi connectivity index (χ1n) is 15.2. The van der Waals surface area contributed by atoms with Crippen LogP contribution >= 0.6 is 11.3 Å². The lowest BCUT2D eigenvalue weighted by Crippen LogP contribution is -2.55. The zero-order valence-electron chi connectivity index (χ0n) is 25.9. The number of urea groups is 1. The fraction of sp³-hybridized carbons (Fsp3) is 0.343. The van der Waals surface area contributed by atoms with E-state index < -0.39 is 30.0 Å². The zero-order valence-corrected chi connectivity index (χ0v) is 26.7. The molecule has 2 saturated heterocycles. The summed E-state index contributed by atoms with van der Waals surface area (Å²) in [6.45, 7) is 8.12. The van der Waals surface area contributed by atoms with Crippen molar-refractivity contribution < 1.29 is 23.5 Å². The standard InChI is InChI=1S/C35H38N4O5S/c1-21-5-10-25(11-6-21)37-35(42)39-30(24-8-12-26(43-4)13-9-24)28(32(40)27-14-7-23(3)44-27)29(33-22(2)15-20-45-33)31(39)34(41)38-18-16-36-17-19-38/h5-15,20,28-31,36H,16-19H2,1-4H3,(H,37,42).